The highest BCUT2D eigenvalue weighted by Crippen LogP contribution is 2.19. The molecule has 19 heavy (non-hydrogen) atoms. The van der Waals surface area contributed by atoms with Crippen molar-refractivity contribution in [2.45, 2.75) is 4.21 Å². The average Bonchev–Trinajstić information content (AvgIpc) is 2.82. The van der Waals surface area contributed by atoms with Gasteiger partial charge in [0, 0.05) is 7.05 Å². The summed E-state index contributed by atoms with van der Waals surface area (Å²) in [7, 11) is -2.47. The van der Waals surface area contributed by atoms with Crippen molar-refractivity contribution in [2.24, 2.45) is 0 Å². The number of nitrogens with zero attached hydrogens (tertiary/aromatic N) is 1. The van der Waals surface area contributed by atoms with Gasteiger partial charge in [-0.05, 0) is 11.4 Å². The lowest BCUT2D eigenvalue weighted by Crippen LogP contribution is -2.38. The van der Waals surface area contributed by atoms with E-state index in [1.807, 2.05) is 5.48 Å². The largest absolute Gasteiger partial charge is 0.479 e. The molecule has 1 aromatic heterocycles. The molecule has 0 radical (unpaired) electrons. The van der Waals surface area contributed by atoms with E-state index in [-0.39, 0.29) is 4.21 Å². The summed E-state index contributed by atoms with van der Waals surface area (Å²) in [5.74, 6) is -2.01. The summed E-state index contributed by atoms with van der Waals surface area (Å²) in [5, 5.41) is 9.89. The van der Waals surface area contributed by atoms with Crippen LogP contribution in [0.2, 0.25) is 0 Å². The molecule has 1 heterocycles. The van der Waals surface area contributed by atoms with Crippen molar-refractivity contribution < 1.29 is 28.0 Å². The Balaban J connectivity index is 2.53. The van der Waals surface area contributed by atoms with E-state index in [1.54, 1.807) is 11.4 Å². The molecule has 0 atom stereocenters. The van der Waals surface area contributed by atoms with Crippen LogP contribution in [-0.2, 0) is 24.4 Å². The van der Waals surface area contributed by atoms with Crippen LogP contribution in [0.1, 0.15) is 0 Å². The molecular formula is C9H12N2O6S2. The van der Waals surface area contributed by atoms with Gasteiger partial charge >= 0.3 is 5.97 Å². The van der Waals surface area contributed by atoms with Crippen LogP contribution in [0.3, 0.4) is 0 Å². The standard InChI is InChI=1S/C9H12N2O6S2/c1-11(5-7(12)10-17-6-8(13)14)19(15,16)9-3-2-4-18-9/h2-4H,5-6H2,1H3,(H,10,12)(H,13,14). The first kappa shape index (κ1) is 15.6. The van der Waals surface area contributed by atoms with Crippen molar-refractivity contribution in [3.8, 4) is 0 Å². The van der Waals surface area contributed by atoms with E-state index in [0.717, 1.165) is 15.6 Å². The van der Waals surface area contributed by atoms with Gasteiger partial charge in [0.05, 0.1) is 6.54 Å². The third kappa shape index (κ3) is 4.59. The Morgan fingerprint density at radius 3 is 2.74 bits per heavy atom. The van der Waals surface area contributed by atoms with Crippen LogP contribution in [-0.4, -0.2) is 49.9 Å². The maximum atomic E-state index is 11.9. The summed E-state index contributed by atoms with van der Waals surface area (Å²) in [6, 6.07) is 3.01. The summed E-state index contributed by atoms with van der Waals surface area (Å²) >= 11 is 1.04. The molecule has 0 saturated carbocycles. The maximum Gasteiger partial charge on any atom is 0.332 e. The zero-order valence-corrected chi connectivity index (χ0v) is 11.5. The van der Waals surface area contributed by atoms with Gasteiger partial charge in [-0.3, -0.25) is 9.63 Å². The molecule has 106 valence electrons. The number of carbonyl (C=O) groups excluding carboxylic acids is 1. The molecule has 2 N–H and O–H groups in total. The normalized spacial score (nSPS) is 11.5. The lowest BCUT2D eigenvalue weighted by molar-refractivity contribution is -0.149. The summed E-state index contributed by atoms with van der Waals surface area (Å²) in [6.45, 7) is -1.17. The molecule has 0 aliphatic heterocycles. The Hall–Kier alpha value is -1.49. The highest BCUT2D eigenvalue weighted by Gasteiger charge is 2.23. The number of carbonyl (C=O) groups is 2. The molecule has 0 aromatic carbocycles. The molecule has 8 nitrogen and oxygen atoms in total. The second-order valence-corrected chi connectivity index (χ2v) is 6.62. The summed E-state index contributed by atoms with van der Waals surface area (Å²) in [4.78, 5) is 25.8. The van der Waals surface area contributed by atoms with Crippen LogP contribution in [0, 0.1) is 0 Å². The van der Waals surface area contributed by atoms with Gasteiger partial charge in [0.2, 0.25) is 0 Å². The van der Waals surface area contributed by atoms with Crippen molar-refractivity contribution in [3.63, 3.8) is 0 Å². The zero-order valence-electron chi connectivity index (χ0n) is 9.90. The Labute approximate surface area is 113 Å². The first-order valence-corrected chi connectivity index (χ1v) is 7.28. The molecule has 0 saturated heterocycles. The molecule has 1 aromatic rings. The van der Waals surface area contributed by atoms with Crippen molar-refractivity contribution >= 4 is 33.2 Å². The van der Waals surface area contributed by atoms with Crippen LogP contribution >= 0.6 is 11.3 Å². The minimum atomic E-state index is -3.71. The minimum Gasteiger partial charge on any atom is -0.479 e. The second-order valence-electron chi connectivity index (χ2n) is 3.40. The predicted molar refractivity (Wildman–Crippen MR) is 65.9 cm³/mol. The first-order valence-electron chi connectivity index (χ1n) is 4.96. The zero-order chi connectivity index (χ0) is 14.5. The van der Waals surface area contributed by atoms with E-state index in [0.29, 0.717) is 0 Å². The minimum absolute atomic E-state index is 0.120. The third-order valence-electron chi connectivity index (χ3n) is 1.91. The quantitative estimate of drug-likeness (QED) is 0.657. The molecule has 10 heteroatoms. The number of sulfonamides is 1. The molecule has 1 rings (SSSR count). The number of rotatable bonds is 7. The Bertz CT molecular complexity index is 539. The fourth-order valence-corrected chi connectivity index (χ4v) is 3.39. The molecule has 0 spiro atoms. The molecular weight excluding hydrogens is 296 g/mol. The van der Waals surface area contributed by atoms with Gasteiger partial charge in [0.25, 0.3) is 15.9 Å². The fourth-order valence-electron chi connectivity index (χ4n) is 1.06. The Kier molecular flexibility index (Phi) is 5.42. The number of carboxylic acids is 1. The van der Waals surface area contributed by atoms with E-state index >= 15 is 0 Å². The number of thiophene rings is 1. The third-order valence-corrected chi connectivity index (χ3v) is 5.08. The smallest absolute Gasteiger partial charge is 0.332 e. The number of carboxylic acid groups (broad SMARTS) is 1. The number of likely N-dealkylation sites (N-methyl/N-ethyl adjacent to an activating group) is 1. The number of amides is 1. The number of hydroxylamine groups is 1. The number of hydrogen-bond acceptors (Lipinski definition) is 6. The Morgan fingerprint density at radius 2 is 2.21 bits per heavy atom. The molecule has 0 fully saturated rings. The van der Waals surface area contributed by atoms with Gasteiger partial charge in [-0.2, -0.15) is 4.31 Å². The van der Waals surface area contributed by atoms with E-state index in [9.17, 15) is 18.0 Å². The number of aliphatic carboxylic acids is 1. The second kappa shape index (κ2) is 6.61. The molecule has 0 bridgehead atoms. The van der Waals surface area contributed by atoms with Gasteiger partial charge in [0.1, 0.15) is 4.21 Å². The van der Waals surface area contributed by atoms with Crippen molar-refractivity contribution in [2.75, 3.05) is 20.2 Å². The SMILES string of the molecule is CN(CC(=O)NOCC(=O)O)S(=O)(=O)c1cccs1. The maximum absolute atomic E-state index is 11.9. The van der Waals surface area contributed by atoms with Gasteiger partial charge < -0.3 is 5.11 Å². The van der Waals surface area contributed by atoms with Crippen LogP contribution < -0.4 is 5.48 Å². The van der Waals surface area contributed by atoms with Crippen LogP contribution in [0.25, 0.3) is 0 Å². The van der Waals surface area contributed by atoms with Gasteiger partial charge in [0.15, 0.2) is 6.61 Å². The van der Waals surface area contributed by atoms with E-state index in [4.69, 9.17) is 5.11 Å². The highest BCUT2D eigenvalue weighted by atomic mass is 32.2. The number of hydrogen-bond donors (Lipinski definition) is 2. The average molecular weight is 308 g/mol. The van der Waals surface area contributed by atoms with Crippen molar-refractivity contribution in [1.82, 2.24) is 9.79 Å². The summed E-state index contributed by atoms with van der Waals surface area (Å²) in [5.41, 5.74) is 1.84. The van der Waals surface area contributed by atoms with Crippen molar-refractivity contribution in [3.05, 3.63) is 17.5 Å². The molecule has 0 unspecified atom stereocenters. The topological polar surface area (TPSA) is 113 Å². The van der Waals surface area contributed by atoms with E-state index in [1.165, 1.54) is 13.1 Å². The van der Waals surface area contributed by atoms with Crippen LogP contribution in [0.15, 0.2) is 21.7 Å². The summed E-state index contributed by atoms with van der Waals surface area (Å²) < 4.78 is 24.8. The van der Waals surface area contributed by atoms with E-state index in [2.05, 4.69) is 4.84 Å². The van der Waals surface area contributed by atoms with Crippen LogP contribution in [0.4, 0.5) is 0 Å². The Morgan fingerprint density at radius 1 is 1.53 bits per heavy atom. The first-order chi connectivity index (χ1) is 8.84. The van der Waals surface area contributed by atoms with Gasteiger partial charge in [-0.25, -0.2) is 18.7 Å². The van der Waals surface area contributed by atoms with Gasteiger partial charge in [-0.1, -0.05) is 6.07 Å². The monoisotopic (exact) mass is 308 g/mol. The fraction of sp³-hybridized carbons (Fsp3) is 0.333. The number of nitrogens with one attached hydrogen (secondary N) is 1. The summed E-state index contributed by atoms with van der Waals surface area (Å²) in [6.07, 6.45) is 0. The molecule has 1 amide bonds. The molecule has 0 aliphatic carbocycles. The molecule has 0 aliphatic rings. The lowest BCUT2D eigenvalue weighted by atomic mass is 10.6. The lowest BCUT2D eigenvalue weighted by Gasteiger charge is -2.15. The van der Waals surface area contributed by atoms with Gasteiger partial charge in [-0.15, -0.1) is 11.3 Å². The van der Waals surface area contributed by atoms with Crippen molar-refractivity contribution in [1.29, 1.82) is 0 Å². The van der Waals surface area contributed by atoms with Crippen LogP contribution in [0.5, 0.6) is 0 Å². The highest BCUT2D eigenvalue weighted by molar-refractivity contribution is 7.91. The predicted octanol–water partition coefficient (Wildman–Crippen LogP) is -0.499. The van der Waals surface area contributed by atoms with E-state index < -0.39 is 35.1 Å².